The number of nitrogens with one attached hydrogen (secondary N) is 1. The first-order chi connectivity index (χ1) is 15.1. The Morgan fingerprint density at radius 2 is 1.65 bits per heavy atom. The zero-order valence-corrected chi connectivity index (χ0v) is 16.2. The van der Waals surface area contributed by atoms with Crippen molar-refractivity contribution < 1.29 is 22.8 Å². The zero-order chi connectivity index (χ0) is 21.4. The highest BCUT2D eigenvalue weighted by Gasteiger charge is 2.23. The number of furan rings is 2. The molecule has 0 aliphatic rings. The molecule has 0 bridgehead atoms. The summed E-state index contributed by atoms with van der Waals surface area (Å²) in [6.45, 7) is 0. The second-order valence-corrected chi connectivity index (χ2v) is 7.12. The van der Waals surface area contributed by atoms with Crippen molar-refractivity contribution in [3.63, 3.8) is 0 Å². The summed E-state index contributed by atoms with van der Waals surface area (Å²) in [6, 6.07) is 20.0. The molecule has 5 aromatic rings. The maximum Gasteiger partial charge on any atom is 0.230 e. The van der Waals surface area contributed by atoms with E-state index in [1.54, 1.807) is 48.5 Å². The van der Waals surface area contributed by atoms with E-state index in [-0.39, 0.29) is 23.9 Å². The van der Waals surface area contributed by atoms with Crippen molar-refractivity contribution in [2.24, 2.45) is 0 Å². The van der Waals surface area contributed by atoms with Crippen molar-refractivity contribution >= 4 is 39.3 Å². The van der Waals surface area contributed by atoms with Gasteiger partial charge >= 0.3 is 0 Å². The number of ketones is 1. The maximum atomic E-state index is 13.6. The minimum absolute atomic E-state index is 0.0467. The van der Waals surface area contributed by atoms with Crippen LogP contribution in [0.3, 0.4) is 0 Å². The Balaban J connectivity index is 1.50. The molecule has 5 rings (SSSR count). The van der Waals surface area contributed by atoms with Gasteiger partial charge in [-0.1, -0.05) is 42.5 Å². The van der Waals surface area contributed by atoms with Crippen LogP contribution >= 0.6 is 0 Å². The monoisotopic (exact) mass is 413 g/mol. The van der Waals surface area contributed by atoms with Gasteiger partial charge in [0.2, 0.25) is 11.7 Å². The van der Waals surface area contributed by atoms with Crippen LogP contribution in [0.15, 0.2) is 87.9 Å². The number of benzene rings is 3. The van der Waals surface area contributed by atoms with Gasteiger partial charge in [-0.05, 0) is 30.3 Å². The standard InChI is InChI=1S/C25H16FNO4/c26-17-10-11-20-19(13-17)16(14-30-20)12-22(28)27-23-18-8-4-5-9-21(18)31-25(23)24(29)15-6-2-1-3-7-15/h1-11,13-14H,12H2,(H,27,28). The van der Waals surface area contributed by atoms with E-state index in [9.17, 15) is 14.0 Å². The predicted octanol–water partition coefficient (Wildman–Crippen LogP) is 5.73. The predicted molar refractivity (Wildman–Crippen MR) is 115 cm³/mol. The van der Waals surface area contributed by atoms with Gasteiger partial charge in [-0.3, -0.25) is 9.59 Å². The second-order valence-electron chi connectivity index (χ2n) is 7.12. The van der Waals surface area contributed by atoms with Crippen LogP contribution in [0.1, 0.15) is 21.7 Å². The Kier molecular flexibility index (Phi) is 4.59. The first-order valence-electron chi connectivity index (χ1n) is 9.67. The number of rotatable bonds is 5. The molecular weight excluding hydrogens is 397 g/mol. The molecule has 6 heteroatoms. The molecule has 2 heterocycles. The maximum absolute atomic E-state index is 13.6. The minimum atomic E-state index is -0.410. The Bertz CT molecular complexity index is 1430. The molecule has 3 aromatic carbocycles. The number of anilines is 1. The molecule has 1 amide bonds. The zero-order valence-electron chi connectivity index (χ0n) is 16.2. The molecule has 0 spiro atoms. The van der Waals surface area contributed by atoms with Gasteiger partial charge in [-0.15, -0.1) is 0 Å². The molecule has 2 aromatic heterocycles. The minimum Gasteiger partial charge on any atom is -0.464 e. The van der Waals surface area contributed by atoms with Gasteiger partial charge in [0.25, 0.3) is 0 Å². The van der Waals surface area contributed by atoms with Crippen molar-refractivity contribution in [3.05, 3.63) is 102 Å². The average Bonchev–Trinajstić information content (AvgIpc) is 3.35. The van der Waals surface area contributed by atoms with E-state index < -0.39 is 5.82 Å². The summed E-state index contributed by atoms with van der Waals surface area (Å²) >= 11 is 0. The van der Waals surface area contributed by atoms with Crippen molar-refractivity contribution in [2.45, 2.75) is 6.42 Å². The van der Waals surface area contributed by atoms with Gasteiger partial charge in [0.1, 0.15) is 17.0 Å². The van der Waals surface area contributed by atoms with Crippen LogP contribution < -0.4 is 5.32 Å². The van der Waals surface area contributed by atoms with Gasteiger partial charge in [0.05, 0.1) is 18.4 Å². The summed E-state index contributed by atoms with van der Waals surface area (Å²) in [6.07, 6.45) is 1.39. The van der Waals surface area contributed by atoms with Gasteiger partial charge in [-0.25, -0.2) is 4.39 Å². The number of para-hydroxylation sites is 1. The molecule has 0 aliphatic heterocycles. The van der Waals surface area contributed by atoms with E-state index in [0.29, 0.717) is 38.8 Å². The number of halogens is 1. The number of hydrogen-bond donors (Lipinski definition) is 1. The third-order valence-corrected chi connectivity index (χ3v) is 5.07. The van der Waals surface area contributed by atoms with Gasteiger partial charge in [0, 0.05) is 21.9 Å². The Morgan fingerprint density at radius 3 is 2.48 bits per heavy atom. The lowest BCUT2D eigenvalue weighted by molar-refractivity contribution is -0.115. The number of fused-ring (bicyclic) bond motifs is 2. The van der Waals surface area contributed by atoms with Crippen LogP contribution in [0.2, 0.25) is 0 Å². The molecule has 31 heavy (non-hydrogen) atoms. The normalized spacial score (nSPS) is 11.1. The smallest absolute Gasteiger partial charge is 0.230 e. The summed E-state index contributed by atoms with van der Waals surface area (Å²) in [7, 11) is 0. The fourth-order valence-corrected chi connectivity index (χ4v) is 3.60. The van der Waals surface area contributed by atoms with Crippen LogP contribution in [-0.4, -0.2) is 11.7 Å². The highest BCUT2D eigenvalue weighted by molar-refractivity contribution is 6.17. The van der Waals surface area contributed by atoms with E-state index in [2.05, 4.69) is 5.32 Å². The SMILES string of the molecule is O=C(Cc1coc2ccc(F)cc12)Nc1c(C(=O)c2ccccc2)oc2ccccc12. The van der Waals surface area contributed by atoms with E-state index in [1.807, 2.05) is 6.07 Å². The highest BCUT2D eigenvalue weighted by Crippen LogP contribution is 2.33. The first kappa shape index (κ1) is 18.8. The summed E-state index contributed by atoms with van der Waals surface area (Å²) < 4.78 is 24.8. The lowest BCUT2D eigenvalue weighted by Gasteiger charge is -2.06. The van der Waals surface area contributed by atoms with Gasteiger partial charge in [0.15, 0.2) is 5.76 Å². The van der Waals surface area contributed by atoms with Crippen LogP contribution in [0.25, 0.3) is 21.9 Å². The third kappa shape index (κ3) is 3.48. The van der Waals surface area contributed by atoms with Crippen molar-refractivity contribution in [2.75, 3.05) is 5.32 Å². The summed E-state index contributed by atoms with van der Waals surface area (Å²) in [5, 5.41) is 3.97. The quantitative estimate of drug-likeness (QED) is 0.374. The number of amides is 1. The molecule has 152 valence electrons. The highest BCUT2D eigenvalue weighted by atomic mass is 19.1. The van der Waals surface area contributed by atoms with Gasteiger partial charge < -0.3 is 14.2 Å². The molecule has 0 saturated heterocycles. The Labute approximate surface area is 176 Å². The topological polar surface area (TPSA) is 72.5 Å². The lowest BCUT2D eigenvalue weighted by Crippen LogP contribution is -2.16. The molecule has 0 atom stereocenters. The molecule has 0 saturated carbocycles. The fraction of sp³-hybridized carbons (Fsp3) is 0.0400. The fourth-order valence-electron chi connectivity index (χ4n) is 3.60. The van der Waals surface area contributed by atoms with E-state index in [0.717, 1.165) is 0 Å². The average molecular weight is 413 g/mol. The van der Waals surface area contributed by atoms with Crippen LogP contribution in [-0.2, 0) is 11.2 Å². The molecule has 0 unspecified atom stereocenters. The lowest BCUT2D eigenvalue weighted by atomic mass is 10.1. The molecule has 5 nitrogen and oxygen atoms in total. The van der Waals surface area contributed by atoms with Crippen molar-refractivity contribution in [1.82, 2.24) is 0 Å². The molecule has 0 aliphatic carbocycles. The van der Waals surface area contributed by atoms with Crippen LogP contribution in [0.5, 0.6) is 0 Å². The van der Waals surface area contributed by atoms with Crippen molar-refractivity contribution in [3.8, 4) is 0 Å². The van der Waals surface area contributed by atoms with E-state index in [4.69, 9.17) is 8.83 Å². The van der Waals surface area contributed by atoms with Crippen LogP contribution in [0.4, 0.5) is 10.1 Å². The molecule has 0 radical (unpaired) electrons. The summed E-state index contributed by atoms with van der Waals surface area (Å²) in [5.41, 5.74) is 2.31. The summed E-state index contributed by atoms with van der Waals surface area (Å²) in [5.74, 6) is -1.06. The van der Waals surface area contributed by atoms with E-state index >= 15 is 0 Å². The molecule has 1 N–H and O–H groups in total. The first-order valence-corrected chi connectivity index (χ1v) is 9.67. The van der Waals surface area contributed by atoms with E-state index in [1.165, 1.54) is 24.5 Å². The largest absolute Gasteiger partial charge is 0.464 e. The number of carbonyl (C=O) groups is 2. The van der Waals surface area contributed by atoms with Gasteiger partial charge in [-0.2, -0.15) is 0 Å². The molecular formula is C25H16FNO4. The van der Waals surface area contributed by atoms with Crippen molar-refractivity contribution in [1.29, 1.82) is 0 Å². The second kappa shape index (κ2) is 7.57. The number of hydrogen-bond acceptors (Lipinski definition) is 4. The van der Waals surface area contributed by atoms with Crippen LogP contribution in [0, 0.1) is 5.82 Å². The third-order valence-electron chi connectivity index (χ3n) is 5.07. The number of carbonyl (C=O) groups excluding carboxylic acids is 2. The Hall–Kier alpha value is -4.19. The molecule has 0 fully saturated rings. The summed E-state index contributed by atoms with van der Waals surface area (Å²) in [4.78, 5) is 25.9. The Morgan fingerprint density at radius 1 is 0.871 bits per heavy atom.